The predicted molar refractivity (Wildman–Crippen MR) is 348 cm³/mol. The van der Waals surface area contributed by atoms with Gasteiger partial charge in [0.05, 0.1) is 0 Å². The molecule has 0 aliphatic heterocycles. The average molecular weight is 1120 g/mol. The Morgan fingerprint density at radius 3 is 0.775 bits per heavy atom. The number of carbonyl (C=O) groups is 3. The molecule has 0 amide bonds. The van der Waals surface area contributed by atoms with E-state index in [1.165, 1.54) is 225 Å². The maximum atomic E-state index is 12.9. The highest BCUT2D eigenvalue weighted by Crippen LogP contribution is 2.18. The second-order valence-electron chi connectivity index (χ2n) is 23.4. The van der Waals surface area contributed by atoms with Crippen molar-refractivity contribution < 1.29 is 28.6 Å². The number of hydrogen-bond donors (Lipinski definition) is 0. The van der Waals surface area contributed by atoms with E-state index in [1.54, 1.807) is 0 Å². The van der Waals surface area contributed by atoms with Crippen LogP contribution in [0.2, 0.25) is 0 Å². The molecule has 0 fully saturated rings. The second kappa shape index (κ2) is 68.3. The average Bonchev–Trinajstić information content (AvgIpc) is 3.46. The fourth-order valence-corrected chi connectivity index (χ4v) is 10.2. The van der Waals surface area contributed by atoms with Crippen LogP contribution in [0.1, 0.15) is 361 Å². The highest BCUT2D eigenvalue weighted by Gasteiger charge is 2.19. The van der Waals surface area contributed by atoms with Crippen LogP contribution in [-0.2, 0) is 28.6 Å². The van der Waals surface area contributed by atoms with Crippen molar-refractivity contribution in [2.24, 2.45) is 0 Å². The molecule has 0 aliphatic rings. The van der Waals surface area contributed by atoms with Crippen LogP contribution in [0, 0.1) is 0 Å². The second-order valence-corrected chi connectivity index (χ2v) is 23.4. The molecule has 0 aromatic heterocycles. The standard InChI is InChI=1S/C74H132O6/c1-4-7-10-13-16-19-22-24-26-28-30-32-34-35-36-37-38-39-41-42-44-46-48-50-52-55-58-61-64-67-73(76)79-70-71(69-78-72(75)66-63-60-57-54-21-18-15-12-9-6-3)80-74(77)68-65-62-59-56-53-51-49-47-45-43-40-33-31-29-27-25-23-20-17-14-11-8-5-2/h8,11,17,20,25,27-28,30-31,33,43,45,71H,4-7,9-10,12-16,18-19,21-24,26,29,32,34-42,44,46-70H2,1-3H3/b11-8-,20-17-,27-25-,30-28-,33-31-,45-43-. The summed E-state index contributed by atoms with van der Waals surface area (Å²) in [5.74, 6) is -0.870. The number of carbonyl (C=O) groups excluding carboxylic acids is 3. The number of hydrogen-bond acceptors (Lipinski definition) is 6. The van der Waals surface area contributed by atoms with Crippen molar-refractivity contribution >= 4 is 17.9 Å². The van der Waals surface area contributed by atoms with Crippen LogP contribution in [0.3, 0.4) is 0 Å². The Balaban J connectivity index is 4.17. The summed E-state index contributed by atoms with van der Waals surface area (Å²) in [6, 6.07) is 0. The van der Waals surface area contributed by atoms with Gasteiger partial charge in [0.15, 0.2) is 6.10 Å². The minimum atomic E-state index is -0.780. The van der Waals surface area contributed by atoms with Crippen LogP contribution >= 0.6 is 0 Å². The molecule has 0 bridgehead atoms. The molecule has 0 heterocycles. The lowest BCUT2D eigenvalue weighted by Crippen LogP contribution is -2.30. The van der Waals surface area contributed by atoms with Crippen molar-refractivity contribution in [3.8, 4) is 0 Å². The molecule has 0 radical (unpaired) electrons. The number of esters is 3. The zero-order valence-electron chi connectivity index (χ0n) is 53.3. The van der Waals surface area contributed by atoms with E-state index in [2.05, 4.69) is 93.7 Å². The van der Waals surface area contributed by atoms with Crippen LogP contribution in [0.25, 0.3) is 0 Å². The SMILES string of the molecule is CC/C=C\C/C=C\C/C=C\C/C=C\C/C=C\CCCCCCCCCC(=O)OC(COC(=O)CCCCCCCCCCCC)COC(=O)CCCCCCCCCCCCCCCCCCC/C=C\CCCCCCCCCC. The van der Waals surface area contributed by atoms with Gasteiger partial charge in [0, 0.05) is 19.3 Å². The van der Waals surface area contributed by atoms with Gasteiger partial charge in [-0.3, -0.25) is 14.4 Å². The maximum Gasteiger partial charge on any atom is 0.306 e. The van der Waals surface area contributed by atoms with E-state index >= 15 is 0 Å². The van der Waals surface area contributed by atoms with Gasteiger partial charge in [-0.05, 0) is 89.9 Å². The highest BCUT2D eigenvalue weighted by molar-refractivity contribution is 5.71. The summed E-state index contributed by atoms with van der Waals surface area (Å²) in [6.45, 7) is 6.55. The number of allylic oxidation sites excluding steroid dienone is 12. The molecule has 0 aromatic rings. The molecule has 1 atom stereocenters. The first kappa shape index (κ1) is 76.9. The summed E-state index contributed by atoms with van der Waals surface area (Å²) >= 11 is 0. The van der Waals surface area contributed by atoms with Crippen molar-refractivity contribution in [2.45, 2.75) is 367 Å². The Kier molecular flexibility index (Phi) is 65.7. The van der Waals surface area contributed by atoms with E-state index in [4.69, 9.17) is 14.2 Å². The zero-order valence-corrected chi connectivity index (χ0v) is 53.3. The third kappa shape index (κ3) is 65.7. The van der Waals surface area contributed by atoms with Crippen molar-refractivity contribution in [2.75, 3.05) is 13.2 Å². The van der Waals surface area contributed by atoms with Crippen LogP contribution in [0.15, 0.2) is 72.9 Å². The first-order valence-corrected chi connectivity index (χ1v) is 34.9. The van der Waals surface area contributed by atoms with Crippen LogP contribution in [0.4, 0.5) is 0 Å². The molecular formula is C74H132O6. The Labute approximate surface area is 497 Å². The van der Waals surface area contributed by atoms with Gasteiger partial charge in [0.25, 0.3) is 0 Å². The van der Waals surface area contributed by atoms with Gasteiger partial charge in [0.1, 0.15) is 13.2 Å². The van der Waals surface area contributed by atoms with Gasteiger partial charge in [-0.25, -0.2) is 0 Å². The van der Waals surface area contributed by atoms with E-state index in [9.17, 15) is 14.4 Å². The molecule has 0 saturated carbocycles. The van der Waals surface area contributed by atoms with Crippen LogP contribution < -0.4 is 0 Å². The van der Waals surface area contributed by atoms with Crippen molar-refractivity contribution in [1.82, 2.24) is 0 Å². The van der Waals surface area contributed by atoms with Crippen molar-refractivity contribution in [3.63, 3.8) is 0 Å². The van der Waals surface area contributed by atoms with Crippen molar-refractivity contribution in [3.05, 3.63) is 72.9 Å². The van der Waals surface area contributed by atoms with E-state index in [0.29, 0.717) is 19.3 Å². The Bertz CT molecular complexity index is 1470. The van der Waals surface area contributed by atoms with E-state index < -0.39 is 6.10 Å². The van der Waals surface area contributed by atoms with Gasteiger partial charge in [-0.1, -0.05) is 325 Å². The third-order valence-electron chi connectivity index (χ3n) is 15.4. The largest absolute Gasteiger partial charge is 0.462 e. The molecule has 0 N–H and O–H groups in total. The lowest BCUT2D eigenvalue weighted by Gasteiger charge is -2.18. The fourth-order valence-electron chi connectivity index (χ4n) is 10.2. The maximum absolute atomic E-state index is 12.9. The Hall–Kier alpha value is -3.15. The minimum absolute atomic E-state index is 0.0759. The lowest BCUT2D eigenvalue weighted by atomic mass is 10.0. The summed E-state index contributed by atoms with van der Waals surface area (Å²) in [5, 5.41) is 0. The number of unbranched alkanes of at least 4 members (excludes halogenated alkanes) is 41. The first-order valence-electron chi connectivity index (χ1n) is 34.9. The summed E-state index contributed by atoms with van der Waals surface area (Å²) in [7, 11) is 0. The zero-order chi connectivity index (χ0) is 57.8. The molecule has 0 saturated heterocycles. The quantitative estimate of drug-likeness (QED) is 0.0261. The van der Waals surface area contributed by atoms with E-state index in [-0.39, 0.29) is 31.1 Å². The molecule has 464 valence electrons. The number of rotatable bonds is 64. The van der Waals surface area contributed by atoms with Crippen LogP contribution in [0.5, 0.6) is 0 Å². The van der Waals surface area contributed by atoms with E-state index in [1.807, 2.05) is 0 Å². The molecule has 1 unspecified atom stereocenters. The molecule has 6 heteroatoms. The van der Waals surface area contributed by atoms with Gasteiger partial charge in [-0.15, -0.1) is 0 Å². The van der Waals surface area contributed by atoms with Gasteiger partial charge in [0.2, 0.25) is 0 Å². The molecule has 0 spiro atoms. The first-order chi connectivity index (χ1) is 39.5. The van der Waals surface area contributed by atoms with E-state index in [0.717, 1.165) is 96.3 Å². The molecular weight excluding hydrogens is 985 g/mol. The fraction of sp³-hybridized carbons (Fsp3) is 0.797. The van der Waals surface area contributed by atoms with Crippen LogP contribution in [-0.4, -0.2) is 37.2 Å². The summed E-state index contributed by atoms with van der Waals surface area (Å²) in [5.41, 5.74) is 0. The molecule has 0 aromatic carbocycles. The summed E-state index contributed by atoms with van der Waals surface area (Å²) < 4.78 is 16.9. The molecule has 0 rings (SSSR count). The normalized spacial score (nSPS) is 12.5. The molecule has 0 aliphatic carbocycles. The Morgan fingerprint density at radius 2 is 0.487 bits per heavy atom. The highest BCUT2D eigenvalue weighted by atomic mass is 16.6. The predicted octanol–water partition coefficient (Wildman–Crippen LogP) is 24.1. The minimum Gasteiger partial charge on any atom is -0.462 e. The topological polar surface area (TPSA) is 78.9 Å². The van der Waals surface area contributed by atoms with Crippen molar-refractivity contribution in [1.29, 1.82) is 0 Å². The monoisotopic (exact) mass is 1120 g/mol. The van der Waals surface area contributed by atoms with Gasteiger partial charge >= 0.3 is 17.9 Å². The lowest BCUT2D eigenvalue weighted by molar-refractivity contribution is -0.167. The molecule has 6 nitrogen and oxygen atoms in total. The summed E-state index contributed by atoms with van der Waals surface area (Å²) in [4.78, 5) is 38.3. The molecule has 80 heavy (non-hydrogen) atoms. The summed E-state index contributed by atoms with van der Waals surface area (Å²) in [6.07, 6.45) is 89.4. The van der Waals surface area contributed by atoms with Gasteiger partial charge in [-0.2, -0.15) is 0 Å². The number of ether oxygens (including phenoxy) is 3. The third-order valence-corrected chi connectivity index (χ3v) is 15.4. The van der Waals surface area contributed by atoms with Gasteiger partial charge < -0.3 is 14.2 Å². The Morgan fingerprint density at radius 1 is 0.263 bits per heavy atom. The smallest absolute Gasteiger partial charge is 0.306 e.